The Labute approximate surface area is 207 Å². The molecule has 1 aliphatic heterocycles. The summed E-state index contributed by atoms with van der Waals surface area (Å²) in [6, 6.07) is 8.85. The summed E-state index contributed by atoms with van der Waals surface area (Å²) in [5.74, 6) is -2.21. The molecule has 1 aliphatic rings. The quantitative estimate of drug-likeness (QED) is 0.406. The van der Waals surface area contributed by atoms with Gasteiger partial charge < -0.3 is 24.2 Å². The topological polar surface area (TPSA) is 178 Å². The van der Waals surface area contributed by atoms with E-state index in [1.807, 2.05) is 0 Å². The van der Waals surface area contributed by atoms with E-state index in [4.69, 9.17) is 14.2 Å². The van der Waals surface area contributed by atoms with Crippen LogP contribution in [0, 0.1) is 0 Å². The molecule has 0 aliphatic carbocycles. The number of carbonyl (C=O) groups is 2. The number of nitrogens with one attached hydrogen (secondary N) is 2. The summed E-state index contributed by atoms with van der Waals surface area (Å²) in [6.45, 7) is -0.583. The van der Waals surface area contributed by atoms with Crippen molar-refractivity contribution in [3.63, 3.8) is 0 Å². The van der Waals surface area contributed by atoms with E-state index < -0.39 is 37.7 Å². The lowest BCUT2D eigenvalue weighted by Crippen LogP contribution is -2.38. The lowest BCUT2D eigenvalue weighted by Gasteiger charge is -2.31. The lowest BCUT2D eigenvalue weighted by molar-refractivity contribution is -0.140. The number of benzene rings is 2. The Morgan fingerprint density at radius 2 is 1.61 bits per heavy atom. The SMILES string of the molecule is COC(=O)C1=C(C(=O)OC)N(c2cc(S(=O)(=O)Nc3cccc(NS(C)(=O)=O)c3)ccc2O)COC1. The fourth-order valence-corrected chi connectivity index (χ4v) is 4.92. The molecule has 2 aromatic carbocycles. The second-order valence-electron chi connectivity index (χ2n) is 7.43. The van der Waals surface area contributed by atoms with Crippen LogP contribution in [-0.4, -0.2) is 67.7 Å². The third-order valence-electron chi connectivity index (χ3n) is 4.80. The number of phenols is 1. The highest BCUT2D eigenvalue weighted by Gasteiger charge is 2.34. The Kier molecular flexibility index (Phi) is 7.76. The van der Waals surface area contributed by atoms with Crippen LogP contribution in [0.4, 0.5) is 17.1 Å². The van der Waals surface area contributed by atoms with Gasteiger partial charge >= 0.3 is 11.9 Å². The number of methoxy groups -OCH3 is 2. The molecule has 36 heavy (non-hydrogen) atoms. The van der Waals surface area contributed by atoms with Crippen LogP contribution in [0.5, 0.6) is 5.75 Å². The zero-order chi connectivity index (χ0) is 26.7. The molecule has 0 fully saturated rings. The first-order chi connectivity index (χ1) is 16.9. The largest absolute Gasteiger partial charge is 0.506 e. The highest BCUT2D eigenvalue weighted by atomic mass is 32.2. The Hall–Kier alpha value is -3.82. The van der Waals surface area contributed by atoms with Gasteiger partial charge in [0, 0.05) is 0 Å². The fourth-order valence-electron chi connectivity index (χ4n) is 3.29. The summed E-state index contributed by atoms with van der Waals surface area (Å²) < 4.78 is 68.5. The Morgan fingerprint density at radius 1 is 0.972 bits per heavy atom. The number of hydrogen-bond donors (Lipinski definition) is 3. The first kappa shape index (κ1) is 26.8. The van der Waals surface area contributed by atoms with E-state index in [0.717, 1.165) is 43.6 Å². The van der Waals surface area contributed by atoms with E-state index >= 15 is 0 Å². The molecule has 15 heteroatoms. The first-order valence-corrected chi connectivity index (χ1v) is 13.4. The van der Waals surface area contributed by atoms with Gasteiger partial charge in [0.05, 0.1) is 54.6 Å². The van der Waals surface area contributed by atoms with Crippen molar-refractivity contribution in [2.45, 2.75) is 4.90 Å². The molecule has 0 atom stereocenters. The third-order valence-corrected chi connectivity index (χ3v) is 6.78. The van der Waals surface area contributed by atoms with Gasteiger partial charge in [-0.2, -0.15) is 0 Å². The number of anilines is 3. The Morgan fingerprint density at radius 3 is 2.22 bits per heavy atom. The molecular formula is C21H23N3O10S2. The van der Waals surface area contributed by atoms with Crippen LogP contribution in [0.25, 0.3) is 0 Å². The maximum absolute atomic E-state index is 13.1. The van der Waals surface area contributed by atoms with E-state index in [0.29, 0.717) is 0 Å². The van der Waals surface area contributed by atoms with Gasteiger partial charge in [-0.15, -0.1) is 0 Å². The van der Waals surface area contributed by atoms with Crippen LogP contribution in [0.2, 0.25) is 0 Å². The number of carbonyl (C=O) groups excluding carboxylic acids is 2. The van der Waals surface area contributed by atoms with Gasteiger partial charge in [-0.3, -0.25) is 9.44 Å². The summed E-state index contributed by atoms with van der Waals surface area (Å²) >= 11 is 0. The van der Waals surface area contributed by atoms with E-state index in [-0.39, 0.29) is 46.6 Å². The van der Waals surface area contributed by atoms with Gasteiger partial charge in [0.25, 0.3) is 10.0 Å². The predicted molar refractivity (Wildman–Crippen MR) is 128 cm³/mol. The zero-order valence-electron chi connectivity index (χ0n) is 19.3. The fraction of sp³-hybridized carbons (Fsp3) is 0.238. The normalized spacial score (nSPS) is 14.2. The van der Waals surface area contributed by atoms with Crippen molar-refractivity contribution < 1.29 is 45.7 Å². The van der Waals surface area contributed by atoms with E-state index in [9.17, 15) is 31.5 Å². The molecule has 0 aromatic heterocycles. The second-order valence-corrected chi connectivity index (χ2v) is 10.9. The second kappa shape index (κ2) is 10.4. The molecule has 3 rings (SSSR count). The molecule has 2 aromatic rings. The summed E-state index contributed by atoms with van der Waals surface area (Å²) in [5.41, 5.74) is -0.433. The number of ether oxygens (including phenoxy) is 3. The molecule has 194 valence electrons. The number of rotatable bonds is 8. The minimum Gasteiger partial charge on any atom is -0.506 e. The summed E-state index contributed by atoms with van der Waals surface area (Å²) in [4.78, 5) is 25.5. The molecule has 0 radical (unpaired) electrons. The van der Waals surface area contributed by atoms with Crippen LogP contribution in [-0.2, 0) is 43.8 Å². The van der Waals surface area contributed by atoms with Crippen molar-refractivity contribution in [1.29, 1.82) is 0 Å². The maximum atomic E-state index is 13.1. The first-order valence-electron chi connectivity index (χ1n) is 10.0. The molecule has 0 spiro atoms. The number of esters is 2. The molecule has 0 amide bonds. The van der Waals surface area contributed by atoms with E-state index in [2.05, 4.69) is 9.44 Å². The van der Waals surface area contributed by atoms with Crippen molar-refractivity contribution >= 4 is 49.0 Å². The Balaban J connectivity index is 2.02. The van der Waals surface area contributed by atoms with Crippen LogP contribution in [0.1, 0.15) is 0 Å². The highest BCUT2D eigenvalue weighted by molar-refractivity contribution is 7.92. The predicted octanol–water partition coefficient (Wildman–Crippen LogP) is 0.959. The number of nitrogens with zero attached hydrogens (tertiary/aromatic N) is 1. The van der Waals surface area contributed by atoms with E-state index in [1.54, 1.807) is 0 Å². The average molecular weight is 542 g/mol. The third kappa shape index (κ3) is 6.05. The minimum absolute atomic E-state index is 0.0581. The van der Waals surface area contributed by atoms with Crippen molar-refractivity contribution in [3.8, 4) is 5.75 Å². The van der Waals surface area contributed by atoms with Crippen molar-refractivity contribution in [3.05, 3.63) is 53.7 Å². The van der Waals surface area contributed by atoms with Crippen LogP contribution in [0.15, 0.2) is 58.6 Å². The molecule has 1 heterocycles. The number of aromatic hydroxyl groups is 1. The molecule has 0 saturated carbocycles. The maximum Gasteiger partial charge on any atom is 0.355 e. The number of hydrogen-bond acceptors (Lipinski definition) is 11. The lowest BCUT2D eigenvalue weighted by atomic mass is 10.1. The van der Waals surface area contributed by atoms with Crippen molar-refractivity contribution in [2.24, 2.45) is 0 Å². The zero-order valence-corrected chi connectivity index (χ0v) is 21.0. The average Bonchev–Trinajstić information content (AvgIpc) is 2.81. The van der Waals surface area contributed by atoms with Gasteiger partial charge in [-0.25, -0.2) is 26.4 Å². The van der Waals surface area contributed by atoms with Crippen molar-refractivity contribution in [2.75, 3.05) is 48.2 Å². The van der Waals surface area contributed by atoms with Gasteiger partial charge in [-0.05, 0) is 36.4 Å². The smallest absolute Gasteiger partial charge is 0.355 e. The molecule has 13 nitrogen and oxygen atoms in total. The molecule has 0 bridgehead atoms. The summed E-state index contributed by atoms with van der Waals surface area (Å²) in [6.07, 6.45) is 0.953. The van der Waals surface area contributed by atoms with E-state index in [1.165, 1.54) is 24.3 Å². The van der Waals surface area contributed by atoms with Gasteiger partial charge in [0.2, 0.25) is 10.0 Å². The van der Waals surface area contributed by atoms with Crippen LogP contribution < -0.4 is 14.3 Å². The molecule has 0 unspecified atom stereocenters. The monoisotopic (exact) mass is 541 g/mol. The minimum atomic E-state index is -4.26. The van der Waals surface area contributed by atoms with Crippen LogP contribution in [0.3, 0.4) is 0 Å². The van der Waals surface area contributed by atoms with Gasteiger partial charge in [0.15, 0.2) is 0 Å². The highest BCUT2D eigenvalue weighted by Crippen LogP contribution is 2.35. The summed E-state index contributed by atoms with van der Waals surface area (Å²) in [7, 11) is -5.64. The number of sulfonamides is 2. The van der Waals surface area contributed by atoms with Crippen molar-refractivity contribution in [1.82, 2.24) is 0 Å². The number of phenolic OH excluding ortho intramolecular Hbond substituents is 1. The molecule has 3 N–H and O–H groups in total. The van der Waals surface area contributed by atoms with Crippen LogP contribution >= 0.6 is 0 Å². The molecule has 0 saturated heterocycles. The molecular weight excluding hydrogens is 518 g/mol. The Bertz CT molecular complexity index is 1440. The van der Waals surface area contributed by atoms with Gasteiger partial charge in [0.1, 0.15) is 18.2 Å². The van der Waals surface area contributed by atoms with Gasteiger partial charge in [-0.1, -0.05) is 6.07 Å². The standard InChI is InChI=1S/C21H23N3O10S2/c1-32-20(26)16-11-34-12-24(19(16)21(27)33-2)17-10-15(7-8-18(17)25)36(30,31)23-14-6-4-5-13(9-14)22-35(3,28)29/h4-10,22-23,25H,11-12H2,1-3H3. The summed E-state index contributed by atoms with van der Waals surface area (Å²) in [5, 5.41) is 10.5.